The molecule has 6 N–H and O–H groups in total. The van der Waals surface area contributed by atoms with Crippen LogP contribution in [0.5, 0.6) is 5.75 Å². The normalized spacial score (nSPS) is 10.6. The van der Waals surface area contributed by atoms with Crippen LogP contribution in [0.25, 0.3) is 0 Å². The molecule has 0 amide bonds. The minimum absolute atomic E-state index is 0.0538. The number of aryl methyl sites for hydroxylation is 1. The first-order chi connectivity index (χ1) is 12.9. The van der Waals surface area contributed by atoms with Gasteiger partial charge < -0.3 is 30.4 Å². The molecule has 0 aliphatic heterocycles. The van der Waals surface area contributed by atoms with E-state index < -0.39 is 7.32 Å². The number of aromatic hydroxyl groups is 1. The highest BCUT2D eigenvalue weighted by atomic mass is 16.5. The number of unbranched alkanes of at least 4 members (excludes halogenated alkanes) is 5. The van der Waals surface area contributed by atoms with Crippen molar-refractivity contribution in [3.63, 3.8) is 0 Å². The standard InChI is InChI=1S/C19H33NO3.BH3O3/c1-2-3-4-5-6-7-8-17-9-10-19(23)18(15-17)16-20(11-13-21)12-14-22;2-1(3)4/h9-10,15,21-23H,2-8,11-14,16H2,1H3;2-4H. The number of aliphatic hydroxyl groups is 2. The Hall–Kier alpha value is -1.16. The second-order valence-electron chi connectivity index (χ2n) is 6.55. The Kier molecular flexibility index (Phi) is 16.3. The summed E-state index contributed by atoms with van der Waals surface area (Å²) in [5.41, 5.74) is 2.12. The van der Waals surface area contributed by atoms with E-state index in [-0.39, 0.29) is 19.0 Å². The van der Waals surface area contributed by atoms with E-state index in [2.05, 4.69) is 13.0 Å². The zero-order valence-electron chi connectivity index (χ0n) is 16.4. The topological polar surface area (TPSA) is 125 Å². The highest BCUT2D eigenvalue weighted by molar-refractivity contribution is 6.30. The Morgan fingerprint density at radius 2 is 1.44 bits per heavy atom. The van der Waals surface area contributed by atoms with Crippen molar-refractivity contribution in [2.45, 2.75) is 58.4 Å². The van der Waals surface area contributed by atoms with Crippen molar-refractivity contribution in [3.8, 4) is 5.75 Å². The number of hydrogen-bond acceptors (Lipinski definition) is 7. The highest BCUT2D eigenvalue weighted by Crippen LogP contribution is 2.21. The van der Waals surface area contributed by atoms with E-state index in [0.717, 1.165) is 12.0 Å². The molecule has 1 aromatic carbocycles. The lowest BCUT2D eigenvalue weighted by molar-refractivity contribution is 0.155. The molecule has 1 aromatic rings. The average molecular weight is 385 g/mol. The summed E-state index contributed by atoms with van der Waals surface area (Å²) in [7, 11) is -2.17. The molecule has 0 bridgehead atoms. The fraction of sp³-hybridized carbons (Fsp3) is 0.684. The fourth-order valence-corrected chi connectivity index (χ4v) is 2.82. The van der Waals surface area contributed by atoms with Crippen molar-refractivity contribution < 1.29 is 30.4 Å². The molecule has 0 unspecified atom stereocenters. The van der Waals surface area contributed by atoms with Crippen LogP contribution < -0.4 is 0 Å². The summed E-state index contributed by atoms with van der Waals surface area (Å²) in [6.45, 7) is 3.89. The molecule has 0 saturated heterocycles. The summed E-state index contributed by atoms with van der Waals surface area (Å²) in [5.74, 6) is 0.289. The first-order valence-corrected chi connectivity index (χ1v) is 9.73. The van der Waals surface area contributed by atoms with Gasteiger partial charge >= 0.3 is 7.32 Å². The van der Waals surface area contributed by atoms with Gasteiger partial charge in [0.25, 0.3) is 0 Å². The molecular weight excluding hydrogens is 349 g/mol. The van der Waals surface area contributed by atoms with Crippen LogP contribution in [0, 0.1) is 0 Å². The van der Waals surface area contributed by atoms with Gasteiger partial charge in [0.15, 0.2) is 0 Å². The fourth-order valence-electron chi connectivity index (χ4n) is 2.82. The molecule has 0 aliphatic rings. The molecule has 0 heterocycles. The maximum Gasteiger partial charge on any atom is 0.631 e. The van der Waals surface area contributed by atoms with E-state index in [1.165, 1.54) is 44.1 Å². The Morgan fingerprint density at radius 1 is 0.889 bits per heavy atom. The van der Waals surface area contributed by atoms with Crippen LogP contribution in [0.3, 0.4) is 0 Å². The van der Waals surface area contributed by atoms with Crippen molar-refractivity contribution >= 4 is 7.32 Å². The van der Waals surface area contributed by atoms with Crippen LogP contribution in [0.1, 0.15) is 56.6 Å². The summed E-state index contributed by atoms with van der Waals surface area (Å²) in [6.07, 6.45) is 8.73. The maximum atomic E-state index is 10.0. The van der Waals surface area contributed by atoms with E-state index >= 15 is 0 Å². The number of nitrogens with zero attached hydrogens (tertiary/aromatic N) is 1. The molecule has 7 nitrogen and oxygen atoms in total. The summed E-state index contributed by atoms with van der Waals surface area (Å²) >= 11 is 0. The van der Waals surface area contributed by atoms with Crippen molar-refractivity contribution in [2.75, 3.05) is 26.3 Å². The Labute approximate surface area is 163 Å². The lowest BCUT2D eigenvalue weighted by atomic mass is 10.0. The van der Waals surface area contributed by atoms with Gasteiger partial charge in [0, 0.05) is 25.2 Å². The largest absolute Gasteiger partial charge is 0.631 e. The predicted molar refractivity (Wildman–Crippen MR) is 107 cm³/mol. The molecule has 0 aliphatic carbocycles. The molecular formula is C19H36BNO6. The maximum absolute atomic E-state index is 10.0. The summed E-state index contributed by atoms with van der Waals surface area (Å²) in [4.78, 5) is 1.95. The van der Waals surface area contributed by atoms with Crippen molar-refractivity contribution in [1.82, 2.24) is 4.90 Å². The molecule has 0 fully saturated rings. The third-order valence-corrected chi connectivity index (χ3v) is 4.19. The molecule has 1 rings (SSSR count). The number of rotatable bonds is 13. The summed E-state index contributed by atoms with van der Waals surface area (Å²) < 4.78 is 0. The minimum atomic E-state index is -2.17. The number of phenolic OH excluding ortho intramolecular Hbond substituents is 1. The number of benzene rings is 1. The molecule has 0 atom stereocenters. The molecule has 27 heavy (non-hydrogen) atoms. The second-order valence-corrected chi connectivity index (χ2v) is 6.55. The van der Waals surface area contributed by atoms with Gasteiger partial charge in [-0.05, 0) is 24.5 Å². The van der Waals surface area contributed by atoms with E-state index in [1.807, 2.05) is 11.0 Å². The quantitative estimate of drug-likeness (QED) is 0.221. The van der Waals surface area contributed by atoms with Gasteiger partial charge in [0.05, 0.1) is 13.2 Å². The zero-order chi connectivity index (χ0) is 20.5. The highest BCUT2D eigenvalue weighted by Gasteiger charge is 2.09. The van der Waals surface area contributed by atoms with Gasteiger partial charge in [0.2, 0.25) is 0 Å². The van der Waals surface area contributed by atoms with Gasteiger partial charge in [-0.3, -0.25) is 4.90 Å². The van der Waals surface area contributed by atoms with Crippen molar-refractivity contribution in [2.24, 2.45) is 0 Å². The third-order valence-electron chi connectivity index (χ3n) is 4.19. The number of phenols is 1. The molecule has 0 aromatic heterocycles. The third kappa shape index (κ3) is 14.6. The van der Waals surface area contributed by atoms with E-state index in [9.17, 15) is 5.11 Å². The Morgan fingerprint density at radius 3 is 2.00 bits per heavy atom. The van der Waals surface area contributed by atoms with E-state index in [4.69, 9.17) is 25.3 Å². The minimum Gasteiger partial charge on any atom is -0.508 e. The van der Waals surface area contributed by atoms with Crippen LogP contribution in [0.15, 0.2) is 18.2 Å². The van der Waals surface area contributed by atoms with Crippen LogP contribution in [0.2, 0.25) is 0 Å². The molecule has 0 spiro atoms. The van der Waals surface area contributed by atoms with Crippen LogP contribution >= 0.6 is 0 Å². The van der Waals surface area contributed by atoms with Gasteiger partial charge in [-0.2, -0.15) is 0 Å². The lowest BCUT2D eigenvalue weighted by Crippen LogP contribution is -2.29. The average Bonchev–Trinajstić information content (AvgIpc) is 2.60. The molecule has 8 heteroatoms. The summed E-state index contributed by atoms with van der Waals surface area (Å²) in [6, 6.07) is 5.81. The summed E-state index contributed by atoms with van der Waals surface area (Å²) in [5, 5.41) is 49.7. The lowest BCUT2D eigenvalue weighted by Gasteiger charge is -2.21. The van der Waals surface area contributed by atoms with Gasteiger partial charge in [-0.25, -0.2) is 0 Å². The Balaban J connectivity index is 0.00000153. The van der Waals surface area contributed by atoms with Crippen molar-refractivity contribution in [3.05, 3.63) is 29.3 Å². The van der Waals surface area contributed by atoms with Crippen LogP contribution in [-0.4, -0.2) is 68.9 Å². The molecule has 156 valence electrons. The zero-order valence-corrected chi connectivity index (χ0v) is 16.4. The van der Waals surface area contributed by atoms with E-state index in [0.29, 0.717) is 19.6 Å². The van der Waals surface area contributed by atoms with Gasteiger partial charge in [0.1, 0.15) is 5.75 Å². The molecule has 0 radical (unpaired) electrons. The SMILES string of the molecule is CCCCCCCCc1ccc(O)c(CN(CCO)CCO)c1.OB(O)O. The second kappa shape index (κ2) is 17.0. The van der Waals surface area contributed by atoms with Gasteiger partial charge in [-0.15, -0.1) is 0 Å². The van der Waals surface area contributed by atoms with Gasteiger partial charge in [-0.1, -0.05) is 51.2 Å². The number of aliphatic hydroxyl groups excluding tert-OH is 2. The number of hydrogen-bond donors (Lipinski definition) is 6. The molecule has 0 saturated carbocycles. The first kappa shape index (κ1) is 25.8. The van der Waals surface area contributed by atoms with Crippen molar-refractivity contribution in [1.29, 1.82) is 0 Å². The predicted octanol–water partition coefficient (Wildman–Crippen LogP) is 1.03. The monoisotopic (exact) mass is 385 g/mol. The smallest absolute Gasteiger partial charge is 0.508 e. The first-order valence-electron chi connectivity index (χ1n) is 9.73. The van der Waals surface area contributed by atoms with E-state index in [1.54, 1.807) is 6.07 Å². The van der Waals surface area contributed by atoms with Crippen LogP contribution in [-0.2, 0) is 13.0 Å². The Bertz CT molecular complexity index is 467. The van der Waals surface area contributed by atoms with Crippen LogP contribution in [0.4, 0.5) is 0 Å².